The number of morpholine rings is 1. The monoisotopic (exact) mass is 525 g/mol. The summed E-state index contributed by atoms with van der Waals surface area (Å²) in [5, 5.41) is 2.72. The summed E-state index contributed by atoms with van der Waals surface area (Å²) in [6.45, 7) is 4.74. The van der Waals surface area contributed by atoms with Crippen LogP contribution in [-0.4, -0.2) is 72.3 Å². The summed E-state index contributed by atoms with van der Waals surface area (Å²) in [7, 11) is -7.53. The normalized spacial score (nSPS) is 15.1. The molecular formula is C23H31N3O7S2. The lowest BCUT2D eigenvalue weighted by Gasteiger charge is -2.26. The average Bonchev–Trinajstić information content (AvgIpc) is 2.81. The molecule has 2 aromatic carbocycles. The van der Waals surface area contributed by atoms with Gasteiger partial charge in [-0.3, -0.25) is 9.10 Å². The molecule has 35 heavy (non-hydrogen) atoms. The van der Waals surface area contributed by atoms with Gasteiger partial charge in [-0.1, -0.05) is 12.1 Å². The second-order valence-corrected chi connectivity index (χ2v) is 12.2. The van der Waals surface area contributed by atoms with E-state index in [1.54, 1.807) is 0 Å². The summed E-state index contributed by atoms with van der Waals surface area (Å²) in [5.74, 6) is 0.173. The lowest BCUT2D eigenvalue weighted by atomic mass is 10.2. The van der Waals surface area contributed by atoms with Gasteiger partial charge in [-0.2, -0.15) is 4.31 Å². The number of ether oxygens (including phenoxy) is 2. The molecule has 12 heteroatoms. The van der Waals surface area contributed by atoms with E-state index in [0.29, 0.717) is 19.0 Å². The molecule has 1 fully saturated rings. The van der Waals surface area contributed by atoms with Crippen molar-refractivity contribution in [2.24, 2.45) is 0 Å². The van der Waals surface area contributed by atoms with Gasteiger partial charge in [0.2, 0.25) is 26.0 Å². The molecule has 0 aromatic heterocycles. The summed E-state index contributed by atoms with van der Waals surface area (Å²) < 4.78 is 63.6. The topological polar surface area (TPSA) is 122 Å². The molecule has 10 nitrogen and oxygen atoms in total. The molecule has 192 valence electrons. The second-order valence-electron chi connectivity index (χ2n) is 8.37. The van der Waals surface area contributed by atoms with Crippen molar-refractivity contribution in [1.29, 1.82) is 0 Å². The van der Waals surface area contributed by atoms with Crippen LogP contribution in [0.3, 0.4) is 0 Å². The highest BCUT2D eigenvalue weighted by Gasteiger charge is 2.27. The summed E-state index contributed by atoms with van der Waals surface area (Å²) >= 11 is 0. The first kappa shape index (κ1) is 26.9. The molecule has 0 spiro atoms. The first-order valence-electron chi connectivity index (χ1n) is 11.1. The standard InChI is InChI=1S/C23H31N3O7S2/c1-18(2)33-21-6-4-5-19(15-21)16-24-23(27)17-26(34(3,28)29)20-7-9-22(10-8-20)35(30,31)25-11-13-32-14-12-25/h4-10,15,18H,11-14,16-17H2,1-3H3,(H,24,27). The van der Waals surface area contributed by atoms with Crippen LogP contribution in [0.25, 0.3) is 0 Å². The molecule has 0 atom stereocenters. The first-order chi connectivity index (χ1) is 16.5. The zero-order valence-corrected chi connectivity index (χ0v) is 21.6. The number of carbonyl (C=O) groups excluding carboxylic acids is 1. The van der Waals surface area contributed by atoms with Crippen LogP contribution in [-0.2, 0) is 36.1 Å². The van der Waals surface area contributed by atoms with E-state index in [9.17, 15) is 21.6 Å². The minimum Gasteiger partial charge on any atom is -0.491 e. The fourth-order valence-electron chi connectivity index (χ4n) is 3.51. The van der Waals surface area contributed by atoms with Crippen molar-refractivity contribution in [2.45, 2.75) is 31.4 Å². The van der Waals surface area contributed by atoms with E-state index in [1.165, 1.54) is 28.6 Å². The molecule has 1 saturated heterocycles. The molecule has 0 saturated carbocycles. The van der Waals surface area contributed by atoms with E-state index in [4.69, 9.17) is 9.47 Å². The van der Waals surface area contributed by atoms with Gasteiger partial charge in [-0.15, -0.1) is 0 Å². The third-order valence-electron chi connectivity index (χ3n) is 5.18. The Kier molecular flexibility index (Phi) is 8.75. The Morgan fingerprint density at radius 1 is 1.09 bits per heavy atom. The van der Waals surface area contributed by atoms with E-state index < -0.39 is 32.5 Å². The van der Waals surface area contributed by atoms with Gasteiger partial charge in [-0.25, -0.2) is 16.8 Å². The molecule has 0 radical (unpaired) electrons. The summed E-state index contributed by atoms with van der Waals surface area (Å²) in [6.07, 6.45) is 1.00. The van der Waals surface area contributed by atoms with Crippen LogP contribution in [0.15, 0.2) is 53.4 Å². The highest BCUT2D eigenvalue weighted by Crippen LogP contribution is 2.23. The van der Waals surface area contributed by atoms with E-state index in [-0.39, 0.29) is 36.3 Å². The highest BCUT2D eigenvalue weighted by atomic mass is 32.2. The maximum Gasteiger partial charge on any atom is 0.243 e. The number of nitrogens with zero attached hydrogens (tertiary/aromatic N) is 2. The number of sulfonamides is 2. The third-order valence-corrected chi connectivity index (χ3v) is 8.23. The number of amides is 1. The second kappa shape index (κ2) is 11.4. The molecule has 0 aliphatic carbocycles. The van der Waals surface area contributed by atoms with E-state index in [1.807, 2.05) is 38.1 Å². The molecule has 1 aliphatic heterocycles. The minimum absolute atomic E-state index is 0.0124. The molecule has 0 bridgehead atoms. The molecule has 3 rings (SSSR count). The van der Waals surface area contributed by atoms with Crippen LogP contribution in [0, 0.1) is 0 Å². The molecular weight excluding hydrogens is 494 g/mol. The zero-order chi connectivity index (χ0) is 25.6. The van der Waals surface area contributed by atoms with Crippen molar-refractivity contribution < 1.29 is 31.1 Å². The van der Waals surface area contributed by atoms with Crippen molar-refractivity contribution in [3.63, 3.8) is 0 Å². The number of rotatable bonds is 10. The highest BCUT2D eigenvalue weighted by molar-refractivity contribution is 7.92. The van der Waals surface area contributed by atoms with Crippen molar-refractivity contribution in [2.75, 3.05) is 43.4 Å². The number of hydrogen-bond donors (Lipinski definition) is 1. The Morgan fingerprint density at radius 3 is 2.34 bits per heavy atom. The lowest BCUT2D eigenvalue weighted by molar-refractivity contribution is -0.119. The Balaban J connectivity index is 1.69. The Bertz CT molecular complexity index is 1220. The average molecular weight is 526 g/mol. The number of benzene rings is 2. The quantitative estimate of drug-likeness (QED) is 0.500. The van der Waals surface area contributed by atoms with Gasteiger partial charge in [0, 0.05) is 19.6 Å². The third kappa shape index (κ3) is 7.40. The molecule has 1 heterocycles. The fourth-order valence-corrected chi connectivity index (χ4v) is 5.77. The largest absolute Gasteiger partial charge is 0.491 e. The van der Waals surface area contributed by atoms with Crippen molar-refractivity contribution in [1.82, 2.24) is 9.62 Å². The van der Waals surface area contributed by atoms with Crippen LogP contribution in [0.2, 0.25) is 0 Å². The maximum absolute atomic E-state index is 12.8. The van der Waals surface area contributed by atoms with Crippen LogP contribution in [0.4, 0.5) is 5.69 Å². The maximum atomic E-state index is 12.8. The number of hydrogen-bond acceptors (Lipinski definition) is 7. The van der Waals surface area contributed by atoms with Crippen LogP contribution in [0.1, 0.15) is 19.4 Å². The summed E-state index contributed by atoms with van der Waals surface area (Å²) in [6, 6.07) is 12.7. The Hall–Kier alpha value is -2.67. The lowest BCUT2D eigenvalue weighted by Crippen LogP contribution is -2.41. The van der Waals surface area contributed by atoms with Gasteiger partial charge in [-0.05, 0) is 55.8 Å². The smallest absolute Gasteiger partial charge is 0.243 e. The molecule has 1 N–H and O–H groups in total. The Labute approximate surface area is 206 Å². The van der Waals surface area contributed by atoms with Gasteiger partial charge in [0.05, 0.1) is 36.2 Å². The molecule has 1 aliphatic rings. The van der Waals surface area contributed by atoms with Crippen LogP contribution >= 0.6 is 0 Å². The van der Waals surface area contributed by atoms with Gasteiger partial charge >= 0.3 is 0 Å². The van der Waals surface area contributed by atoms with Gasteiger partial charge in [0.1, 0.15) is 12.3 Å². The predicted octanol–water partition coefficient (Wildman–Crippen LogP) is 1.58. The fraction of sp³-hybridized carbons (Fsp3) is 0.435. The predicted molar refractivity (Wildman–Crippen MR) is 132 cm³/mol. The number of anilines is 1. The van der Waals surface area contributed by atoms with Gasteiger partial charge in [0.15, 0.2) is 0 Å². The first-order valence-corrected chi connectivity index (χ1v) is 14.4. The van der Waals surface area contributed by atoms with Gasteiger partial charge < -0.3 is 14.8 Å². The molecule has 2 aromatic rings. The van der Waals surface area contributed by atoms with Crippen molar-refractivity contribution in [3.05, 3.63) is 54.1 Å². The van der Waals surface area contributed by atoms with Crippen LogP contribution in [0.5, 0.6) is 5.75 Å². The molecule has 0 unspecified atom stereocenters. The van der Waals surface area contributed by atoms with Crippen molar-refractivity contribution in [3.8, 4) is 5.75 Å². The zero-order valence-electron chi connectivity index (χ0n) is 20.0. The van der Waals surface area contributed by atoms with E-state index in [2.05, 4.69) is 5.32 Å². The SMILES string of the molecule is CC(C)Oc1cccc(CNC(=O)CN(c2ccc(S(=O)(=O)N3CCOCC3)cc2)S(C)(=O)=O)c1. The number of nitrogens with one attached hydrogen (secondary N) is 1. The van der Waals surface area contributed by atoms with Gasteiger partial charge in [0.25, 0.3) is 0 Å². The summed E-state index contributed by atoms with van der Waals surface area (Å²) in [4.78, 5) is 12.6. The van der Waals surface area contributed by atoms with E-state index >= 15 is 0 Å². The van der Waals surface area contributed by atoms with E-state index in [0.717, 1.165) is 16.1 Å². The number of carbonyl (C=O) groups is 1. The summed E-state index contributed by atoms with van der Waals surface area (Å²) in [5.41, 5.74) is 0.996. The van der Waals surface area contributed by atoms with Crippen molar-refractivity contribution >= 4 is 31.6 Å². The van der Waals surface area contributed by atoms with Crippen LogP contribution < -0.4 is 14.4 Å². The molecule has 1 amide bonds. The Morgan fingerprint density at radius 2 is 1.74 bits per heavy atom. The minimum atomic E-state index is -3.81.